The monoisotopic (exact) mass is 304 g/mol. The van der Waals surface area contributed by atoms with Crippen molar-refractivity contribution in [2.24, 2.45) is 11.7 Å². The van der Waals surface area contributed by atoms with E-state index in [0.717, 1.165) is 38.2 Å². The average molecular weight is 304 g/mol. The van der Waals surface area contributed by atoms with Crippen molar-refractivity contribution < 1.29 is 4.79 Å². The second-order valence-corrected chi connectivity index (χ2v) is 6.61. The molecule has 1 atom stereocenters. The molecule has 1 aliphatic heterocycles. The Labute approximate surface area is 128 Å². The number of carbonyl (C=O) groups is 1. The number of rotatable bonds is 5. The third-order valence-electron chi connectivity index (χ3n) is 4.12. The van der Waals surface area contributed by atoms with Gasteiger partial charge in [0, 0.05) is 24.5 Å². The summed E-state index contributed by atoms with van der Waals surface area (Å²) < 4.78 is 1.94. The van der Waals surface area contributed by atoms with E-state index in [0.29, 0.717) is 11.5 Å². The van der Waals surface area contributed by atoms with Gasteiger partial charge < -0.3 is 11.1 Å². The molecule has 2 aromatic rings. The van der Waals surface area contributed by atoms with E-state index in [-0.39, 0.29) is 5.91 Å². The van der Waals surface area contributed by atoms with Crippen LogP contribution in [0, 0.1) is 12.8 Å². The molecule has 112 valence electrons. The molecule has 0 radical (unpaired) electrons. The number of thiophene rings is 1. The highest BCUT2D eigenvalue weighted by Crippen LogP contribution is 2.22. The summed E-state index contributed by atoms with van der Waals surface area (Å²) >= 11 is 1.80. The molecule has 0 aromatic carbocycles. The van der Waals surface area contributed by atoms with E-state index < -0.39 is 0 Å². The van der Waals surface area contributed by atoms with Crippen molar-refractivity contribution in [3.8, 4) is 0 Å². The first-order valence-electron chi connectivity index (χ1n) is 7.23. The van der Waals surface area contributed by atoms with Gasteiger partial charge in [-0.15, -0.1) is 11.3 Å². The minimum atomic E-state index is -0.374. The molecule has 1 unspecified atom stereocenters. The summed E-state index contributed by atoms with van der Waals surface area (Å²) in [5.74, 6) is 0.180. The van der Waals surface area contributed by atoms with Crippen LogP contribution in [0.15, 0.2) is 17.6 Å². The number of nitrogens with zero attached hydrogens (tertiary/aromatic N) is 2. The minimum Gasteiger partial charge on any atom is -0.365 e. The molecule has 0 fully saturated rings. The summed E-state index contributed by atoms with van der Waals surface area (Å²) in [7, 11) is 0. The molecule has 1 aliphatic rings. The van der Waals surface area contributed by atoms with Crippen molar-refractivity contribution in [1.82, 2.24) is 15.1 Å². The van der Waals surface area contributed by atoms with E-state index in [2.05, 4.69) is 28.8 Å². The Morgan fingerprint density at radius 1 is 1.62 bits per heavy atom. The number of amides is 1. The highest BCUT2D eigenvalue weighted by Gasteiger charge is 2.23. The maximum absolute atomic E-state index is 11.3. The zero-order valence-corrected chi connectivity index (χ0v) is 12.9. The van der Waals surface area contributed by atoms with Gasteiger partial charge in [0.05, 0.1) is 17.5 Å². The van der Waals surface area contributed by atoms with Gasteiger partial charge in [-0.2, -0.15) is 5.10 Å². The molecule has 3 rings (SSSR count). The number of aryl methyl sites for hydroxylation is 1. The maximum atomic E-state index is 11.3. The highest BCUT2D eigenvalue weighted by molar-refractivity contribution is 7.10. The number of carbonyl (C=O) groups excluding carboxylic acids is 1. The molecule has 0 bridgehead atoms. The first-order valence-corrected chi connectivity index (χ1v) is 8.11. The van der Waals surface area contributed by atoms with E-state index >= 15 is 0 Å². The fourth-order valence-electron chi connectivity index (χ4n) is 2.86. The molecule has 0 aliphatic carbocycles. The number of hydrogen-bond donors (Lipinski definition) is 2. The van der Waals surface area contributed by atoms with Gasteiger partial charge in [-0.3, -0.25) is 9.48 Å². The van der Waals surface area contributed by atoms with Crippen molar-refractivity contribution >= 4 is 17.2 Å². The molecular weight excluding hydrogens is 284 g/mol. The fraction of sp³-hybridized carbons (Fsp3) is 0.467. The number of fused-ring (bicyclic) bond motifs is 1. The Hall–Kier alpha value is -1.66. The fourth-order valence-corrected chi connectivity index (χ4v) is 3.73. The van der Waals surface area contributed by atoms with Crippen molar-refractivity contribution in [1.29, 1.82) is 0 Å². The van der Waals surface area contributed by atoms with Crippen LogP contribution in [0.5, 0.6) is 0 Å². The van der Waals surface area contributed by atoms with Gasteiger partial charge in [0.1, 0.15) is 0 Å². The molecule has 3 heterocycles. The first-order chi connectivity index (χ1) is 10.1. The lowest BCUT2D eigenvalue weighted by atomic mass is 9.96. The van der Waals surface area contributed by atoms with Gasteiger partial charge in [0.2, 0.25) is 0 Å². The van der Waals surface area contributed by atoms with Gasteiger partial charge in [-0.25, -0.2) is 0 Å². The van der Waals surface area contributed by atoms with E-state index in [1.807, 2.05) is 4.68 Å². The number of aromatic nitrogens is 2. The topological polar surface area (TPSA) is 72.9 Å². The van der Waals surface area contributed by atoms with Crippen molar-refractivity contribution in [2.45, 2.75) is 32.9 Å². The van der Waals surface area contributed by atoms with Gasteiger partial charge in [0.25, 0.3) is 5.91 Å². The number of nitrogens with one attached hydrogen (secondary N) is 1. The summed E-state index contributed by atoms with van der Waals surface area (Å²) in [5, 5.41) is 9.96. The SMILES string of the molecule is Cc1ccsc1CNCC1CCc2c(C(N)=O)cnn2C1. The van der Waals surface area contributed by atoms with E-state index in [9.17, 15) is 4.79 Å². The predicted molar refractivity (Wildman–Crippen MR) is 83.3 cm³/mol. The molecule has 2 aromatic heterocycles. The Morgan fingerprint density at radius 2 is 2.48 bits per heavy atom. The van der Waals surface area contributed by atoms with Gasteiger partial charge in [-0.05, 0) is 42.7 Å². The van der Waals surface area contributed by atoms with Crippen LogP contribution in [0.3, 0.4) is 0 Å². The summed E-state index contributed by atoms with van der Waals surface area (Å²) in [6.07, 6.45) is 3.55. The number of primary amides is 1. The lowest BCUT2D eigenvalue weighted by Gasteiger charge is -2.24. The van der Waals surface area contributed by atoms with Gasteiger partial charge >= 0.3 is 0 Å². The third kappa shape index (κ3) is 3.01. The molecule has 1 amide bonds. The Balaban J connectivity index is 1.55. The van der Waals surface area contributed by atoms with Crippen LogP contribution in [-0.4, -0.2) is 22.2 Å². The summed E-state index contributed by atoms with van der Waals surface area (Å²) in [5.41, 5.74) is 8.29. The van der Waals surface area contributed by atoms with Crippen molar-refractivity contribution in [3.05, 3.63) is 39.3 Å². The molecule has 6 heteroatoms. The molecule has 21 heavy (non-hydrogen) atoms. The third-order valence-corrected chi connectivity index (χ3v) is 5.14. The summed E-state index contributed by atoms with van der Waals surface area (Å²) in [4.78, 5) is 12.7. The Morgan fingerprint density at radius 3 is 3.19 bits per heavy atom. The molecular formula is C15H20N4OS. The summed E-state index contributed by atoms with van der Waals surface area (Å²) in [6.45, 7) is 4.91. The van der Waals surface area contributed by atoms with Crippen LogP contribution >= 0.6 is 11.3 Å². The number of nitrogens with two attached hydrogens (primary N) is 1. The first kappa shape index (κ1) is 14.3. The predicted octanol–water partition coefficient (Wildman–Crippen LogP) is 1.70. The molecule has 0 saturated heterocycles. The quantitative estimate of drug-likeness (QED) is 0.883. The molecule has 3 N–H and O–H groups in total. The standard InChI is InChI=1S/C15H20N4OS/c1-10-4-5-21-14(10)8-17-6-11-2-3-13-12(15(16)20)7-18-19(13)9-11/h4-5,7,11,17H,2-3,6,8-9H2,1H3,(H2,16,20). The van der Waals surface area contributed by atoms with Crippen LogP contribution in [0.2, 0.25) is 0 Å². The Kier molecular flexibility index (Phi) is 4.07. The van der Waals surface area contributed by atoms with Crippen LogP contribution in [0.1, 0.15) is 32.9 Å². The van der Waals surface area contributed by atoms with Crippen LogP contribution in [0.25, 0.3) is 0 Å². The van der Waals surface area contributed by atoms with Crippen molar-refractivity contribution in [2.75, 3.05) is 6.54 Å². The molecule has 5 nitrogen and oxygen atoms in total. The largest absolute Gasteiger partial charge is 0.365 e. The Bertz CT molecular complexity index is 646. The van der Waals surface area contributed by atoms with Crippen LogP contribution in [-0.2, 0) is 19.5 Å². The van der Waals surface area contributed by atoms with Gasteiger partial charge in [0.15, 0.2) is 0 Å². The second-order valence-electron chi connectivity index (χ2n) is 5.61. The lowest BCUT2D eigenvalue weighted by molar-refractivity contribution is 0.0998. The highest BCUT2D eigenvalue weighted by atomic mass is 32.1. The smallest absolute Gasteiger partial charge is 0.252 e. The van der Waals surface area contributed by atoms with E-state index in [1.54, 1.807) is 17.5 Å². The van der Waals surface area contributed by atoms with E-state index in [1.165, 1.54) is 10.4 Å². The summed E-state index contributed by atoms with van der Waals surface area (Å²) in [6, 6.07) is 2.16. The van der Waals surface area contributed by atoms with Crippen molar-refractivity contribution in [3.63, 3.8) is 0 Å². The maximum Gasteiger partial charge on any atom is 0.252 e. The lowest BCUT2D eigenvalue weighted by Crippen LogP contribution is -2.31. The minimum absolute atomic E-state index is 0.374. The zero-order chi connectivity index (χ0) is 14.8. The molecule has 0 saturated carbocycles. The number of hydrogen-bond acceptors (Lipinski definition) is 4. The average Bonchev–Trinajstić information content (AvgIpc) is 3.05. The van der Waals surface area contributed by atoms with Gasteiger partial charge in [-0.1, -0.05) is 0 Å². The zero-order valence-electron chi connectivity index (χ0n) is 12.1. The second kappa shape index (κ2) is 5.99. The van der Waals surface area contributed by atoms with Crippen LogP contribution in [0.4, 0.5) is 0 Å². The van der Waals surface area contributed by atoms with E-state index in [4.69, 9.17) is 5.73 Å². The normalized spacial score (nSPS) is 17.7. The van der Waals surface area contributed by atoms with Crippen LogP contribution < -0.4 is 11.1 Å². The molecule has 0 spiro atoms.